The molecule has 0 fully saturated rings. The molecule has 0 aliphatic heterocycles. The van der Waals surface area contributed by atoms with Crippen molar-refractivity contribution in [1.29, 1.82) is 5.26 Å². The second kappa shape index (κ2) is 13.9. The summed E-state index contributed by atoms with van der Waals surface area (Å²) < 4.78 is 9.18. The first-order valence-corrected chi connectivity index (χ1v) is 22.3. The minimum Gasteiger partial charge on any atom is -0.308 e. The predicted molar refractivity (Wildman–Crippen MR) is 272 cm³/mol. The van der Waals surface area contributed by atoms with Crippen LogP contribution in [0, 0.1) is 11.3 Å². The molecule has 0 unspecified atom stereocenters. The number of nitrogens with zero attached hydrogens (tertiary/aromatic N) is 6. The highest BCUT2D eigenvalue weighted by Crippen LogP contribution is 2.45. The van der Waals surface area contributed by atoms with Gasteiger partial charge in [0, 0.05) is 54.2 Å². The van der Waals surface area contributed by atoms with Crippen molar-refractivity contribution in [2.24, 2.45) is 0 Å². The fourth-order valence-corrected chi connectivity index (χ4v) is 10.9. The monoisotopic (exact) mass is 840 g/mol. The molecule has 6 nitrogen and oxygen atoms in total. The van der Waals surface area contributed by atoms with Crippen LogP contribution in [0.1, 0.15) is 5.56 Å². The van der Waals surface area contributed by atoms with Crippen molar-refractivity contribution in [1.82, 2.24) is 23.3 Å². The van der Waals surface area contributed by atoms with Gasteiger partial charge in [-0.1, -0.05) is 146 Å². The van der Waals surface area contributed by atoms with Crippen LogP contribution in [-0.2, 0) is 0 Å². The zero-order valence-electron chi connectivity index (χ0n) is 35.5. The molecule has 6 heteroatoms. The van der Waals surface area contributed by atoms with Crippen LogP contribution < -0.4 is 0 Å². The van der Waals surface area contributed by atoms with Crippen LogP contribution in [-0.4, -0.2) is 23.3 Å². The van der Waals surface area contributed by atoms with Gasteiger partial charge in [0.1, 0.15) is 23.3 Å². The molecule has 0 atom stereocenters. The third-order valence-electron chi connectivity index (χ3n) is 13.6. The summed E-state index contributed by atoms with van der Waals surface area (Å²) in [6.07, 6.45) is 0. The molecule has 0 saturated carbocycles. The zero-order valence-corrected chi connectivity index (χ0v) is 35.5. The number of aromatic nitrogens is 5. The molecule has 14 aromatic rings. The number of para-hydroxylation sites is 8. The van der Waals surface area contributed by atoms with Crippen molar-refractivity contribution in [2.45, 2.75) is 0 Å². The van der Waals surface area contributed by atoms with Crippen molar-refractivity contribution in [2.75, 3.05) is 0 Å². The molecule has 5 aromatic heterocycles. The quantitative estimate of drug-likeness (QED) is 0.173. The second-order valence-corrected chi connectivity index (χ2v) is 17.0. The predicted octanol–water partition coefficient (Wildman–Crippen LogP) is 15.0. The highest BCUT2D eigenvalue weighted by Gasteiger charge is 2.27. The fourth-order valence-electron chi connectivity index (χ4n) is 10.9. The maximum atomic E-state index is 11.9. The van der Waals surface area contributed by atoms with Gasteiger partial charge in [-0.3, -0.25) is 9.13 Å². The number of pyridine rings is 1. The lowest BCUT2D eigenvalue weighted by atomic mass is 9.98. The third kappa shape index (κ3) is 4.97. The summed E-state index contributed by atoms with van der Waals surface area (Å²) in [7, 11) is 0. The molecule has 14 rings (SSSR count). The number of nitriles is 1. The minimum atomic E-state index is 0.560. The van der Waals surface area contributed by atoms with Gasteiger partial charge in [-0.25, -0.2) is 4.98 Å². The Labute approximate surface area is 378 Å². The Kier molecular flexibility index (Phi) is 7.65. The van der Waals surface area contributed by atoms with Crippen LogP contribution in [0.4, 0.5) is 0 Å². The lowest BCUT2D eigenvalue weighted by Gasteiger charge is -2.22. The highest BCUT2D eigenvalue weighted by molar-refractivity contribution is 6.13. The SMILES string of the molecule is N#Cc1c(-n2c3ccccc3c3ccccc32)ccc(-c2ccc(-n3c4ccccc4c4ccccc43)nc2-n2c3ccccc3c3ccccc32)c1-n1c2ccccc2c2ccccc21. The first-order valence-electron chi connectivity index (χ1n) is 22.3. The number of fused-ring (bicyclic) bond motifs is 12. The van der Waals surface area contributed by atoms with E-state index < -0.39 is 0 Å². The van der Waals surface area contributed by atoms with Gasteiger partial charge in [-0.15, -0.1) is 0 Å². The van der Waals surface area contributed by atoms with Gasteiger partial charge in [-0.2, -0.15) is 5.26 Å². The average molecular weight is 841 g/mol. The minimum absolute atomic E-state index is 0.560. The van der Waals surface area contributed by atoms with Gasteiger partial charge in [0.05, 0.1) is 55.5 Å². The van der Waals surface area contributed by atoms with E-state index in [1.54, 1.807) is 0 Å². The topological polar surface area (TPSA) is 56.4 Å². The van der Waals surface area contributed by atoms with E-state index in [0.717, 1.165) is 111 Å². The van der Waals surface area contributed by atoms with Crippen LogP contribution in [0.25, 0.3) is 121 Å². The van der Waals surface area contributed by atoms with E-state index in [-0.39, 0.29) is 0 Å². The standard InChI is InChI=1S/C60H36N6/c61-37-48-57(63-49-25-9-1-17-38(49)39-18-2-10-26-50(39)63)35-33-46(59(48)65-53-29-13-5-21-42(53)43-22-6-14-30-54(43)65)47-34-36-58(64-51-27-11-3-19-40(51)41-20-4-12-28-52(41)64)62-60(47)66-55-31-15-7-23-44(55)45-24-8-16-32-56(45)66/h1-36H. The molecule has 0 spiro atoms. The van der Waals surface area contributed by atoms with Gasteiger partial charge in [-0.05, 0) is 72.8 Å². The number of hydrogen-bond acceptors (Lipinski definition) is 2. The van der Waals surface area contributed by atoms with Gasteiger partial charge in [0.2, 0.25) is 0 Å². The zero-order chi connectivity index (χ0) is 43.5. The van der Waals surface area contributed by atoms with Crippen molar-refractivity contribution in [3.63, 3.8) is 0 Å². The second-order valence-electron chi connectivity index (χ2n) is 17.0. The summed E-state index contributed by atoms with van der Waals surface area (Å²) in [5.41, 5.74) is 12.3. The van der Waals surface area contributed by atoms with E-state index in [2.05, 4.69) is 243 Å². The third-order valence-corrected chi connectivity index (χ3v) is 13.6. The summed E-state index contributed by atoms with van der Waals surface area (Å²) in [5.74, 6) is 1.57. The summed E-state index contributed by atoms with van der Waals surface area (Å²) >= 11 is 0. The summed E-state index contributed by atoms with van der Waals surface area (Å²) in [5, 5.41) is 21.0. The van der Waals surface area contributed by atoms with E-state index >= 15 is 0 Å². The largest absolute Gasteiger partial charge is 0.308 e. The number of hydrogen-bond donors (Lipinski definition) is 0. The van der Waals surface area contributed by atoms with Crippen LogP contribution in [0.3, 0.4) is 0 Å². The summed E-state index contributed by atoms with van der Waals surface area (Å²) in [6, 6.07) is 79.9. The van der Waals surface area contributed by atoms with Gasteiger partial charge >= 0.3 is 0 Å². The molecular weight excluding hydrogens is 805 g/mol. The highest BCUT2D eigenvalue weighted by atomic mass is 15.1. The molecule has 306 valence electrons. The Bertz CT molecular complexity index is 4160. The Balaban J connectivity index is 1.16. The molecule has 0 N–H and O–H groups in total. The lowest BCUT2D eigenvalue weighted by Crippen LogP contribution is -2.09. The number of rotatable bonds is 5. The van der Waals surface area contributed by atoms with Crippen LogP contribution in [0.15, 0.2) is 218 Å². The Morgan fingerprint density at radius 3 is 1.00 bits per heavy atom. The maximum absolute atomic E-state index is 11.9. The van der Waals surface area contributed by atoms with Gasteiger partial charge < -0.3 is 9.13 Å². The molecule has 0 aliphatic rings. The lowest BCUT2D eigenvalue weighted by molar-refractivity contribution is 1.01. The van der Waals surface area contributed by atoms with Crippen molar-refractivity contribution in [3.05, 3.63) is 224 Å². The molecule has 66 heavy (non-hydrogen) atoms. The Morgan fingerprint density at radius 1 is 0.303 bits per heavy atom. The summed E-state index contributed by atoms with van der Waals surface area (Å²) in [6.45, 7) is 0. The van der Waals surface area contributed by atoms with Crippen molar-refractivity contribution < 1.29 is 0 Å². The van der Waals surface area contributed by atoms with E-state index in [9.17, 15) is 5.26 Å². The Hall–Kier alpha value is -9.18. The molecule has 0 radical (unpaired) electrons. The molecular formula is C60H36N6. The van der Waals surface area contributed by atoms with Crippen molar-refractivity contribution >= 4 is 87.2 Å². The first-order chi connectivity index (χ1) is 32.8. The fraction of sp³-hybridized carbons (Fsp3) is 0. The smallest absolute Gasteiger partial charge is 0.148 e. The van der Waals surface area contributed by atoms with Gasteiger partial charge in [0.25, 0.3) is 0 Å². The molecule has 0 saturated heterocycles. The van der Waals surface area contributed by atoms with Crippen molar-refractivity contribution in [3.8, 4) is 40.2 Å². The molecule has 0 bridgehead atoms. The molecule has 5 heterocycles. The van der Waals surface area contributed by atoms with Crippen LogP contribution >= 0.6 is 0 Å². The van der Waals surface area contributed by atoms with E-state index in [1.807, 2.05) is 0 Å². The molecule has 0 aliphatic carbocycles. The average Bonchev–Trinajstić information content (AvgIpc) is 4.11. The normalized spacial score (nSPS) is 11.9. The molecule has 9 aromatic carbocycles. The van der Waals surface area contributed by atoms with E-state index in [4.69, 9.17) is 4.98 Å². The van der Waals surface area contributed by atoms with Gasteiger partial charge in [0.15, 0.2) is 0 Å². The maximum Gasteiger partial charge on any atom is 0.148 e. The van der Waals surface area contributed by atoms with E-state index in [1.165, 1.54) is 10.8 Å². The van der Waals surface area contributed by atoms with Crippen LogP contribution in [0.2, 0.25) is 0 Å². The number of benzene rings is 9. The van der Waals surface area contributed by atoms with E-state index in [0.29, 0.717) is 5.56 Å². The molecule has 0 amide bonds. The Morgan fingerprint density at radius 2 is 0.621 bits per heavy atom. The first kappa shape index (κ1) is 36.3. The summed E-state index contributed by atoms with van der Waals surface area (Å²) in [4.78, 5) is 5.82. The van der Waals surface area contributed by atoms with Crippen LogP contribution in [0.5, 0.6) is 0 Å².